The van der Waals surface area contributed by atoms with E-state index in [2.05, 4.69) is 10.3 Å². The quantitative estimate of drug-likeness (QED) is 0.323. The lowest BCUT2D eigenvalue weighted by Crippen LogP contribution is -2.13. The first-order chi connectivity index (χ1) is 16.0. The topological polar surface area (TPSA) is 115 Å². The Morgan fingerprint density at radius 3 is 2.15 bits per heavy atom. The molecule has 1 aromatic heterocycles. The summed E-state index contributed by atoms with van der Waals surface area (Å²) >= 11 is 1.07. The molecule has 1 heterocycles. The van der Waals surface area contributed by atoms with Gasteiger partial charge in [0.25, 0.3) is 0 Å². The summed E-state index contributed by atoms with van der Waals surface area (Å²) in [6, 6.07) is 18.5. The lowest BCUT2D eigenvalue weighted by molar-refractivity contribution is -0.144. The fraction of sp³-hybridized carbons (Fsp3) is 0.167. The fourth-order valence-corrected chi connectivity index (χ4v) is 3.44. The second-order valence-electron chi connectivity index (χ2n) is 6.83. The van der Waals surface area contributed by atoms with Crippen LogP contribution in [0.2, 0.25) is 0 Å². The number of allylic oxidation sites excluding steroid dienone is 1. The highest BCUT2D eigenvalue weighted by atomic mass is 32.1. The van der Waals surface area contributed by atoms with Crippen molar-refractivity contribution in [2.75, 3.05) is 5.32 Å². The molecule has 0 bridgehead atoms. The zero-order valence-electron chi connectivity index (χ0n) is 17.6. The van der Waals surface area contributed by atoms with E-state index in [1.807, 2.05) is 60.7 Å². The summed E-state index contributed by atoms with van der Waals surface area (Å²) in [7, 11) is 0. The van der Waals surface area contributed by atoms with Crippen LogP contribution in [-0.2, 0) is 32.3 Å². The number of rotatable bonds is 10. The van der Waals surface area contributed by atoms with Gasteiger partial charge in [-0.1, -0.05) is 66.7 Å². The molecule has 9 heteroatoms. The number of benzene rings is 2. The third-order valence-electron chi connectivity index (χ3n) is 4.37. The molecule has 33 heavy (non-hydrogen) atoms. The number of carboxylic acid groups (broad SMARTS) is 1. The molecule has 0 aliphatic rings. The van der Waals surface area contributed by atoms with Crippen molar-refractivity contribution >= 4 is 40.1 Å². The first kappa shape index (κ1) is 23.7. The second-order valence-corrected chi connectivity index (χ2v) is 7.69. The number of nitrogens with zero attached hydrogens (tertiary/aromatic N) is 1. The minimum atomic E-state index is -1.18. The molecule has 3 rings (SSSR count). The maximum Gasteiger partial charge on any atom is 0.413 e. The normalized spacial score (nSPS) is 11.0. The Bertz CT molecular complexity index is 1110. The Balaban J connectivity index is 1.49. The number of hydrogen-bond acceptors (Lipinski definition) is 7. The average molecular weight is 467 g/mol. The number of nitrogens with one attached hydrogen (secondary N) is 1. The number of aliphatic carboxylic acids is 1. The monoisotopic (exact) mass is 466 g/mol. The molecule has 0 aliphatic carbocycles. The van der Waals surface area contributed by atoms with Gasteiger partial charge < -0.3 is 14.6 Å². The molecular formula is C24H22N2O6S. The molecule has 0 radical (unpaired) electrons. The van der Waals surface area contributed by atoms with Gasteiger partial charge in [0.1, 0.15) is 13.2 Å². The van der Waals surface area contributed by atoms with Crippen molar-refractivity contribution in [1.82, 2.24) is 4.98 Å². The van der Waals surface area contributed by atoms with Gasteiger partial charge in [-0.05, 0) is 17.5 Å². The van der Waals surface area contributed by atoms with E-state index >= 15 is 0 Å². The Kier molecular flexibility index (Phi) is 8.72. The first-order valence-electron chi connectivity index (χ1n) is 10.1. The summed E-state index contributed by atoms with van der Waals surface area (Å²) in [5, 5.41) is 13.7. The van der Waals surface area contributed by atoms with Gasteiger partial charge in [0.2, 0.25) is 0 Å². The first-order valence-corrected chi connectivity index (χ1v) is 11.0. The number of anilines is 1. The standard InChI is InChI=1S/C24H22N2O6S/c27-21(31-14-17-8-3-1-4-9-17)13-7-12-19(22(28)29)20-16-33-23(25-20)26-24(30)32-15-18-10-5-2-6-11-18/h1-6,8-12,16H,7,13-15H2,(H,28,29)(H,25,26,30)/b19-12+. The molecule has 0 spiro atoms. The predicted molar refractivity (Wildman–Crippen MR) is 123 cm³/mol. The summed E-state index contributed by atoms with van der Waals surface area (Å²) in [5.74, 6) is -1.61. The van der Waals surface area contributed by atoms with Crippen LogP contribution in [0.3, 0.4) is 0 Å². The number of thiazole rings is 1. The summed E-state index contributed by atoms with van der Waals surface area (Å²) in [6.07, 6.45) is 0.930. The third kappa shape index (κ3) is 7.89. The molecule has 2 aromatic carbocycles. The number of hydrogen-bond donors (Lipinski definition) is 2. The lowest BCUT2D eigenvalue weighted by Gasteiger charge is -2.05. The number of aromatic nitrogens is 1. The number of carbonyl (C=O) groups is 3. The van der Waals surface area contributed by atoms with E-state index in [1.54, 1.807) is 0 Å². The van der Waals surface area contributed by atoms with Crippen LogP contribution in [0.5, 0.6) is 0 Å². The zero-order chi connectivity index (χ0) is 23.5. The van der Waals surface area contributed by atoms with Gasteiger partial charge in [0.15, 0.2) is 5.13 Å². The number of amides is 1. The second kappa shape index (κ2) is 12.2. The highest BCUT2D eigenvalue weighted by molar-refractivity contribution is 7.14. The Labute approximate surface area is 194 Å². The van der Waals surface area contributed by atoms with E-state index in [9.17, 15) is 19.5 Å². The summed E-state index contributed by atoms with van der Waals surface area (Å²) < 4.78 is 10.3. The highest BCUT2D eigenvalue weighted by Crippen LogP contribution is 2.23. The van der Waals surface area contributed by atoms with Gasteiger partial charge >= 0.3 is 18.0 Å². The minimum Gasteiger partial charge on any atom is -0.478 e. The van der Waals surface area contributed by atoms with Crippen LogP contribution in [0.1, 0.15) is 29.7 Å². The molecule has 170 valence electrons. The van der Waals surface area contributed by atoms with Gasteiger partial charge in [-0.3, -0.25) is 10.1 Å². The molecule has 0 unspecified atom stereocenters. The van der Waals surface area contributed by atoms with Crippen molar-refractivity contribution in [1.29, 1.82) is 0 Å². The molecule has 2 N–H and O–H groups in total. The Morgan fingerprint density at radius 2 is 1.55 bits per heavy atom. The van der Waals surface area contributed by atoms with Crippen LogP contribution in [0.15, 0.2) is 72.1 Å². The van der Waals surface area contributed by atoms with Crippen molar-refractivity contribution in [2.24, 2.45) is 0 Å². The van der Waals surface area contributed by atoms with Crippen LogP contribution in [0.25, 0.3) is 5.57 Å². The van der Waals surface area contributed by atoms with E-state index in [0.717, 1.165) is 22.5 Å². The van der Waals surface area contributed by atoms with Gasteiger partial charge in [0, 0.05) is 11.8 Å². The Morgan fingerprint density at radius 1 is 0.939 bits per heavy atom. The lowest BCUT2D eigenvalue weighted by atomic mass is 10.1. The largest absolute Gasteiger partial charge is 0.478 e. The van der Waals surface area contributed by atoms with E-state index in [0.29, 0.717) is 0 Å². The van der Waals surface area contributed by atoms with Crippen LogP contribution in [0.4, 0.5) is 9.93 Å². The third-order valence-corrected chi connectivity index (χ3v) is 5.13. The molecule has 0 fully saturated rings. The SMILES string of the molecule is O=C(CC/C=C(/C(=O)O)c1csc(NC(=O)OCc2ccccc2)n1)OCc1ccccc1. The van der Waals surface area contributed by atoms with E-state index in [-0.39, 0.29) is 42.5 Å². The minimum absolute atomic E-state index is 0.0324. The average Bonchev–Trinajstić information content (AvgIpc) is 3.28. The van der Waals surface area contributed by atoms with Crippen molar-refractivity contribution in [2.45, 2.75) is 26.1 Å². The molecule has 0 aliphatic heterocycles. The van der Waals surface area contributed by atoms with Crippen LogP contribution in [0, 0.1) is 0 Å². The zero-order valence-corrected chi connectivity index (χ0v) is 18.4. The molecule has 8 nitrogen and oxygen atoms in total. The van der Waals surface area contributed by atoms with Crippen LogP contribution >= 0.6 is 11.3 Å². The van der Waals surface area contributed by atoms with Gasteiger partial charge in [-0.2, -0.15) is 0 Å². The van der Waals surface area contributed by atoms with Crippen molar-refractivity contribution in [3.63, 3.8) is 0 Å². The van der Waals surface area contributed by atoms with E-state index in [4.69, 9.17) is 9.47 Å². The number of carboxylic acids is 1. The molecular weight excluding hydrogens is 444 g/mol. The maximum absolute atomic E-state index is 12.0. The molecule has 1 amide bonds. The summed E-state index contributed by atoms with van der Waals surface area (Å²) in [6.45, 7) is 0.266. The molecule has 0 saturated carbocycles. The molecule has 3 aromatic rings. The smallest absolute Gasteiger partial charge is 0.413 e. The molecule has 0 atom stereocenters. The van der Waals surface area contributed by atoms with Gasteiger partial charge in [0.05, 0.1) is 11.3 Å². The van der Waals surface area contributed by atoms with Crippen molar-refractivity contribution < 1.29 is 29.0 Å². The number of esters is 1. The van der Waals surface area contributed by atoms with Gasteiger partial charge in [-0.15, -0.1) is 11.3 Å². The highest BCUT2D eigenvalue weighted by Gasteiger charge is 2.16. The van der Waals surface area contributed by atoms with Crippen LogP contribution < -0.4 is 5.32 Å². The van der Waals surface area contributed by atoms with E-state index in [1.165, 1.54) is 11.5 Å². The number of ether oxygens (including phenoxy) is 2. The predicted octanol–water partition coefficient (Wildman–Crippen LogP) is 4.88. The van der Waals surface area contributed by atoms with Crippen LogP contribution in [-0.4, -0.2) is 28.1 Å². The fourth-order valence-electron chi connectivity index (χ4n) is 2.75. The van der Waals surface area contributed by atoms with Crippen molar-refractivity contribution in [3.8, 4) is 0 Å². The van der Waals surface area contributed by atoms with Gasteiger partial charge in [-0.25, -0.2) is 14.6 Å². The Hall–Kier alpha value is -3.98. The molecule has 0 saturated heterocycles. The number of carbonyl (C=O) groups excluding carboxylic acids is 2. The summed E-state index contributed by atoms with van der Waals surface area (Å²) in [5.41, 5.74) is 1.83. The van der Waals surface area contributed by atoms with E-state index < -0.39 is 18.0 Å². The summed E-state index contributed by atoms with van der Waals surface area (Å²) in [4.78, 5) is 39.7. The maximum atomic E-state index is 12.0. The van der Waals surface area contributed by atoms with Crippen molar-refractivity contribution in [3.05, 3.63) is 88.9 Å².